The van der Waals surface area contributed by atoms with Crippen LogP contribution in [0.2, 0.25) is 0 Å². The highest BCUT2D eigenvalue weighted by molar-refractivity contribution is 5.95. The molecule has 2 aromatic heterocycles. The van der Waals surface area contributed by atoms with Gasteiger partial charge in [0.25, 0.3) is 5.91 Å². The third-order valence-corrected chi connectivity index (χ3v) is 3.60. The van der Waals surface area contributed by atoms with E-state index in [0.29, 0.717) is 11.5 Å². The Kier molecular flexibility index (Phi) is 4.65. The summed E-state index contributed by atoms with van der Waals surface area (Å²) in [5, 5.41) is 13.0. The zero-order valence-electron chi connectivity index (χ0n) is 13.5. The summed E-state index contributed by atoms with van der Waals surface area (Å²) in [6.45, 7) is 1.66. The van der Waals surface area contributed by atoms with Crippen LogP contribution in [-0.2, 0) is 0 Å². The lowest BCUT2D eigenvalue weighted by atomic mass is 10.1. The maximum absolute atomic E-state index is 13.4. The molecule has 1 N–H and O–H groups in total. The molecule has 0 fully saturated rings. The molecule has 134 valence electrons. The number of rotatable bonds is 4. The van der Waals surface area contributed by atoms with Crippen LogP contribution < -0.4 is 5.32 Å². The van der Waals surface area contributed by atoms with E-state index in [1.807, 2.05) is 5.32 Å². The van der Waals surface area contributed by atoms with E-state index in [4.69, 9.17) is 0 Å². The van der Waals surface area contributed by atoms with Crippen molar-refractivity contribution >= 4 is 5.91 Å². The van der Waals surface area contributed by atoms with E-state index >= 15 is 0 Å². The molecule has 0 aliphatic carbocycles. The van der Waals surface area contributed by atoms with Crippen molar-refractivity contribution in [2.45, 2.75) is 19.1 Å². The predicted octanol–water partition coefficient (Wildman–Crippen LogP) is 2.40. The Hall–Kier alpha value is -3.30. The summed E-state index contributed by atoms with van der Waals surface area (Å²) in [5.41, 5.74) is 0.362. The molecule has 26 heavy (non-hydrogen) atoms. The molecule has 0 saturated carbocycles. The van der Waals surface area contributed by atoms with Crippen molar-refractivity contribution in [2.75, 3.05) is 0 Å². The number of pyridine rings is 1. The number of aromatic nitrogens is 5. The number of hydrogen-bond donors (Lipinski definition) is 1. The Morgan fingerprint density at radius 3 is 2.65 bits per heavy atom. The Morgan fingerprint density at radius 1 is 1.23 bits per heavy atom. The van der Waals surface area contributed by atoms with E-state index in [9.17, 15) is 18.0 Å². The number of nitrogens with zero attached hydrogens (tertiary/aromatic N) is 5. The lowest BCUT2D eigenvalue weighted by molar-refractivity contribution is -0.155. The molecule has 7 nitrogen and oxygen atoms in total. The van der Waals surface area contributed by atoms with Crippen molar-refractivity contribution in [3.8, 4) is 5.69 Å². The van der Waals surface area contributed by atoms with E-state index in [1.54, 1.807) is 13.0 Å². The van der Waals surface area contributed by atoms with Gasteiger partial charge >= 0.3 is 6.18 Å². The smallest absolute Gasteiger partial charge is 0.337 e. The molecule has 0 radical (unpaired) electrons. The van der Waals surface area contributed by atoms with Gasteiger partial charge in [-0.3, -0.25) is 9.78 Å². The first kappa shape index (κ1) is 17.5. The average molecular weight is 362 g/mol. The minimum atomic E-state index is -4.66. The van der Waals surface area contributed by atoms with Crippen LogP contribution in [0.5, 0.6) is 0 Å². The summed E-state index contributed by atoms with van der Waals surface area (Å²) in [4.78, 5) is 16.1. The SMILES string of the molecule is Cc1nnnn1-c1cccc(C(=O)N[C@H](c2cccnc2)C(F)(F)F)c1. The van der Waals surface area contributed by atoms with Gasteiger partial charge in [0, 0.05) is 23.5 Å². The van der Waals surface area contributed by atoms with Crippen molar-refractivity contribution in [1.29, 1.82) is 0 Å². The number of carbonyl (C=O) groups excluding carboxylic acids is 1. The van der Waals surface area contributed by atoms with E-state index in [0.717, 1.165) is 6.20 Å². The Balaban J connectivity index is 1.88. The first-order chi connectivity index (χ1) is 12.4. The van der Waals surface area contributed by atoms with Gasteiger partial charge in [0.15, 0.2) is 11.9 Å². The van der Waals surface area contributed by atoms with Gasteiger partial charge in [-0.1, -0.05) is 12.1 Å². The second kappa shape index (κ2) is 6.90. The maximum atomic E-state index is 13.4. The molecule has 0 aliphatic rings. The quantitative estimate of drug-likeness (QED) is 0.770. The number of benzene rings is 1. The van der Waals surface area contributed by atoms with Gasteiger partial charge in [-0.25, -0.2) is 0 Å². The van der Waals surface area contributed by atoms with Crippen molar-refractivity contribution in [1.82, 2.24) is 30.5 Å². The first-order valence-corrected chi connectivity index (χ1v) is 7.49. The average Bonchev–Trinajstić information content (AvgIpc) is 3.05. The molecule has 10 heteroatoms. The van der Waals surface area contributed by atoms with Crippen LogP contribution in [0.25, 0.3) is 5.69 Å². The molecular weight excluding hydrogens is 349 g/mol. The molecule has 1 aromatic carbocycles. The highest BCUT2D eigenvalue weighted by Gasteiger charge is 2.42. The molecule has 0 bridgehead atoms. The standard InChI is InChI=1S/C16H13F3N6O/c1-10-22-23-24-25(10)13-6-2-4-11(8-13)15(26)21-14(16(17,18)19)12-5-3-7-20-9-12/h2-9,14H,1H3,(H,21,26)/t14-/m1/s1. The van der Waals surface area contributed by atoms with Crippen LogP contribution in [0, 0.1) is 6.92 Å². The second-order valence-electron chi connectivity index (χ2n) is 5.42. The van der Waals surface area contributed by atoms with Crippen LogP contribution in [0.3, 0.4) is 0 Å². The Bertz CT molecular complexity index is 910. The van der Waals surface area contributed by atoms with Crippen molar-refractivity contribution in [2.24, 2.45) is 0 Å². The number of halogens is 3. The van der Waals surface area contributed by atoms with Crippen LogP contribution in [0.1, 0.15) is 27.8 Å². The first-order valence-electron chi connectivity index (χ1n) is 7.49. The lowest BCUT2D eigenvalue weighted by Crippen LogP contribution is -2.38. The lowest BCUT2D eigenvalue weighted by Gasteiger charge is -2.21. The van der Waals surface area contributed by atoms with Crippen LogP contribution in [0.15, 0.2) is 48.8 Å². The van der Waals surface area contributed by atoms with E-state index in [-0.39, 0.29) is 11.1 Å². The topological polar surface area (TPSA) is 85.6 Å². The zero-order chi connectivity index (χ0) is 18.7. The fourth-order valence-corrected chi connectivity index (χ4v) is 2.36. The molecule has 0 saturated heterocycles. The van der Waals surface area contributed by atoms with E-state index in [1.165, 1.54) is 41.2 Å². The third-order valence-electron chi connectivity index (χ3n) is 3.60. The van der Waals surface area contributed by atoms with Crippen molar-refractivity contribution < 1.29 is 18.0 Å². The van der Waals surface area contributed by atoms with E-state index < -0.39 is 18.1 Å². The molecule has 3 aromatic rings. The summed E-state index contributed by atoms with van der Waals surface area (Å²) in [6.07, 6.45) is -2.24. The number of aryl methyl sites for hydroxylation is 1. The van der Waals surface area contributed by atoms with Crippen LogP contribution in [-0.4, -0.2) is 37.3 Å². The number of hydrogen-bond acceptors (Lipinski definition) is 5. The monoisotopic (exact) mass is 362 g/mol. The van der Waals surface area contributed by atoms with Gasteiger partial charge in [-0.05, 0) is 41.6 Å². The molecule has 1 atom stereocenters. The summed E-state index contributed by atoms with van der Waals surface area (Å²) >= 11 is 0. The van der Waals surface area contributed by atoms with Gasteiger partial charge in [-0.2, -0.15) is 17.9 Å². The molecule has 0 unspecified atom stereocenters. The molecular formula is C16H13F3N6O. The number of nitrogens with one attached hydrogen (secondary N) is 1. The number of tetrazole rings is 1. The zero-order valence-corrected chi connectivity index (χ0v) is 13.5. The van der Waals surface area contributed by atoms with E-state index in [2.05, 4.69) is 20.5 Å². The summed E-state index contributed by atoms with van der Waals surface area (Å²) < 4.78 is 41.5. The second-order valence-corrected chi connectivity index (χ2v) is 5.42. The molecule has 2 heterocycles. The summed E-state index contributed by atoms with van der Waals surface area (Å²) in [6, 6.07) is 6.47. The van der Waals surface area contributed by atoms with Gasteiger partial charge in [0.1, 0.15) is 0 Å². The fourth-order valence-electron chi connectivity index (χ4n) is 2.36. The highest BCUT2D eigenvalue weighted by Crippen LogP contribution is 2.32. The summed E-state index contributed by atoms with van der Waals surface area (Å²) in [7, 11) is 0. The van der Waals surface area contributed by atoms with Crippen molar-refractivity contribution in [3.05, 3.63) is 65.7 Å². The predicted molar refractivity (Wildman–Crippen MR) is 84.4 cm³/mol. The number of alkyl halides is 3. The number of amides is 1. The Labute approximate surface area is 145 Å². The highest BCUT2D eigenvalue weighted by atomic mass is 19.4. The van der Waals surface area contributed by atoms with Crippen molar-refractivity contribution in [3.63, 3.8) is 0 Å². The summed E-state index contributed by atoms with van der Waals surface area (Å²) in [5.74, 6) is -0.394. The molecule has 1 amide bonds. The van der Waals surface area contributed by atoms with Crippen LogP contribution in [0.4, 0.5) is 13.2 Å². The van der Waals surface area contributed by atoms with Gasteiger partial charge < -0.3 is 5.32 Å². The van der Waals surface area contributed by atoms with Gasteiger partial charge in [0.05, 0.1) is 5.69 Å². The Morgan fingerprint density at radius 2 is 2.04 bits per heavy atom. The third kappa shape index (κ3) is 3.68. The molecule has 0 aliphatic heterocycles. The van der Waals surface area contributed by atoms with Crippen LogP contribution >= 0.6 is 0 Å². The van der Waals surface area contributed by atoms with Gasteiger partial charge in [-0.15, -0.1) is 5.10 Å². The number of carbonyl (C=O) groups is 1. The normalized spacial score (nSPS) is 12.6. The molecule has 0 spiro atoms. The fraction of sp³-hybridized carbons (Fsp3) is 0.188. The minimum Gasteiger partial charge on any atom is -0.337 e. The largest absolute Gasteiger partial charge is 0.412 e. The maximum Gasteiger partial charge on any atom is 0.412 e. The minimum absolute atomic E-state index is 0.0514. The molecule has 3 rings (SSSR count). The van der Waals surface area contributed by atoms with Gasteiger partial charge in [0.2, 0.25) is 0 Å².